The van der Waals surface area contributed by atoms with Crippen LogP contribution >= 0.6 is 11.3 Å². The molecule has 0 bridgehead atoms. The van der Waals surface area contributed by atoms with Gasteiger partial charge in [0.05, 0.1) is 26.9 Å². The summed E-state index contributed by atoms with van der Waals surface area (Å²) >= 11 is 1.38. The number of H-pyrrole nitrogens is 1. The molecule has 0 fully saturated rings. The topological polar surface area (TPSA) is 126 Å². The molecule has 10 heteroatoms. The molecule has 4 heterocycles. The second-order valence-electron chi connectivity index (χ2n) is 7.53. The number of imidazole rings is 1. The van der Waals surface area contributed by atoms with Crippen molar-refractivity contribution < 1.29 is 9.90 Å². The van der Waals surface area contributed by atoms with Crippen LogP contribution in [0, 0.1) is 6.92 Å². The number of amides is 1. The van der Waals surface area contributed by atoms with Gasteiger partial charge in [0.25, 0.3) is 11.5 Å². The van der Waals surface area contributed by atoms with Gasteiger partial charge < -0.3 is 14.7 Å². The Morgan fingerprint density at radius 1 is 1.15 bits per heavy atom. The first-order valence-corrected chi connectivity index (χ1v) is 11.2. The average Bonchev–Trinajstić information content (AvgIpc) is 3.43. The molecule has 5 aromatic rings. The van der Waals surface area contributed by atoms with Crippen molar-refractivity contribution in [3.63, 3.8) is 0 Å². The maximum absolute atomic E-state index is 13.0. The molecule has 1 aromatic carbocycles. The van der Waals surface area contributed by atoms with Crippen LogP contribution in [0.3, 0.4) is 0 Å². The second-order valence-corrected chi connectivity index (χ2v) is 8.61. The fourth-order valence-electron chi connectivity index (χ4n) is 3.64. The van der Waals surface area contributed by atoms with E-state index in [2.05, 4.69) is 25.3 Å². The summed E-state index contributed by atoms with van der Waals surface area (Å²) in [5.41, 5.74) is 3.69. The van der Waals surface area contributed by atoms with Gasteiger partial charge in [-0.3, -0.25) is 19.9 Å². The van der Waals surface area contributed by atoms with E-state index in [-0.39, 0.29) is 18.1 Å². The highest BCUT2D eigenvalue weighted by Gasteiger charge is 2.17. The standard InChI is InChI=1S/C23H20N6O3S/c1-13-21(31)26-15-11-17-18(12-16(15)25-13)29(9-2-10-30)23(27-17)28-22(32)20-4-3-19(33-20)14-5-7-24-8-6-14/h3-8,11-12,30H,2,9-10H2,1H3,(H,26,31)(H,27,28,32). The van der Waals surface area contributed by atoms with Gasteiger partial charge in [-0.25, -0.2) is 9.97 Å². The number of hydrogen-bond donors (Lipinski definition) is 3. The summed E-state index contributed by atoms with van der Waals surface area (Å²) in [6.45, 7) is 2.12. The van der Waals surface area contributed by atoms with Gasteiger partial charge in [0.1, 0.15) is 5.69 Å². The fourth-order valence-corrected chi connectivity index (χ4v) is 4.55. The molecule has 0 atom stereocenters. The minimum atomic E-state index is -0.271. The number of thiophene rings is 1. The number of aromatic amines is 1. The number of nitrogens with zero attached hydrogens (tertiary/aromatic N) is 4. The van der Waals surface area contributed by atoms with Crippen molar-refractivity contribution in [2.45, 2.75) is 19.9 Å². The molecule has 3 N–H and O–H groups in total. The first-order valence-electron chi connectivity index (χ1n) is 10.4. The normalized spacial score (nSPS) is 11.3. The van der Waals surface area contributed by atoms with Crippen molar-refractivity contribution in [3.05, 3.63) is 69.7 Å². The number of fused-ring (bicyclic) bond motifs is 2. The van der Waals surface area contributed by atoms with Crippen molar-refractivity contribution in [2.75, 3.05) is 11.9 Å². The molecule has 0 saturated carbocycles. The molecule has 0 aliphatic rings. The van der Waals surface area contributed by atoms with Gasteiger partial charge in [0, 0.05) is 30.4 Å². The molecule has 5 rings (SSSR count). The van der Waals surface area contributed by atoms with E-state index < -0.39 is 0 Å². The lowest BCUT2D eigenvalue weighted by Crippen LogP contribution is -2.15. The number of aromatic nitrogens is 5. The van der Waals surface area contributed by atoms with Gasteiger partial charge in [0.2, 0.25) is 5.95 Å². The lowest BCUT2D eigenvalue weighted by Gasteiger charge is -2.09. The largest absolute Gasteiger partial charge is 0.396 e. The van der Waals surface area contributed by atoms with Gasteiger partial charge in [0.15, 0.2) is 0 Å². The van der Waals surface area contributed by atoms with Crippen LogP contribution in [-0.4, -0.2) is 42.1 Å². The molecular formula is C23H20N6O3S. The molecule has 33 heavy (non-hydrogen) atoms. The van der Waals surface area contributed by atoms with Crippen LogP contribution in [0.1, 0.15) is 21.8 Å². The van der Waals surface area contributed by atoms with Crippen LogP contribution in [-0.2, 0) is 6.54 Å². The van der Waals surface area contributed by atoms with E-state index in [1.807, 2.05) is 28.8 Å². The van der Waals surface area contributed by atoms with Crippen LogP contribution in [0.15, 0.2) is 53.6 Å². The second kappa shape index (κ2) is 8.57. The van der Waals surface area contributed by atoms with Crippen molar-refractivity contribution in [1.82, 2.24) is 24.5 Å². The third-order valence-corrected chi connectivity index (χ3v) is 6.42. The van der Waals surface area contributed by atoms with E-state index in [9.17, 15) is 14.7 Å². The average molecular weight is 461 g/mol. The van der Waals surface area contributed by atoms with Crippen LogP contribution in [0.5, 0.6) is 0 Å². The lowest BCUT2D eigenvalue weighted by molar-refractivity contribution is 0.102. The summed E-state index contributed by atoms with van der Waals surface area (Å²) in [6, 6.07) is 11.1. The van der Waals surface area contributed by atoms with E-state index >= 15 is 0 Å². The summed E-state index contributed by atoms with van der Waals surface area (Å²) in [5, 5.41) is 12.3. The molecule has 0 aliphatic carbocycles. The Balaban J connectivity index is 1.52. The summed E-state index contributed by atoms with van der Waals surface area (Å²) < 4.78 is 1.85. The third kappa shape index (κ3) is 4.01. The number of benzene rings is 1. The predicted octanol–water partition coefficient (Wildman–Crippen LogP) is 3.34. The number of carbonyl (C=O) groups is 1. The number of rotatable bonds is 6. The van der Waals surface area contributed by atoms with E-state index in [1.54, 1.807) is 31.5 Å². The van der Waals surface area contributed by atoms with Crippen molar-refractivity contribution in [1.29, 1.82) is 0 Å². The van der Waals surface area contributed by atoms with Crippen LogP contribution < -0.4 is 10.9 Å². The van der Waals surface area contributed by atoms with Crippen molar-refractivity contribution in [3.8, 4) is 10.4 Å². The Morgan fingerprint density at radius 2 is 1.97 bits per heavy atom. The molecule has 0 aliphatic heterocycles. The molecule has 1 amide bonds. The third-order valence-electron chi connectivity index (χ3n) is 5.29. The van der Waals surface area contributed by atoms with E-state index in [0.717, 1.165) is 16.0 Å². The first kappa shape index (κ1) is 21.0. The van der Waals surface area contributed by atoms with Gasteiger partial charge in [-0.2, -0.15) is 0 Å². The Bertz CT molecular complexity index is 1540. The van der Waals surface area contributed by atoms with Gasteiger partial charge in [-0.05, 0) is 55.3 Å². The first-order chi connectivity index (χ1) is 16.0. The molecular weight excluding hydrogens is 440 g/mol. The summed E-state index contributed by atoms with van der Waals surface area (Å²) in [7, 11) is 0. The van der Waals surface area contributed by atoms with Crippen molar-refractivity contribution in [2.24, 2.45) is 0 Å². The number of aliphatic hydroxyl groups is 1. The maximum Gasteiger partial charge on any atom is 0.269 e. The zero-order valence-electron chi connectivity index (χ0n) is 17.7. The quantitative estimate of drug-likeness (QED) is 0.357. The SMILES string of the molecule is Cc1nc2cc3c(cc2[nH]c1=O)nc(NC(=O)c1ccc(-c2ccncc2)s1)n3CCCO. The number of pyridine rings is 1. The molecule has 0 spiro atoms. The number of anilines is 1. The fraction of sp³-hybridized carbons (Fsp3) is 0.174. The molecule has 0 unspecified atom stereocenters. The highest BCUT2D eigenvalue weighted by molar-refractivity contribution is 7.17. The Morgan fingerprint density at radius 3 is 2.76 bits per heavy atom. The van der Waals surface area contributed by atoms with Crippen LogP contribution in [0.4, 0.5) is 5.95 Å². The predicted molar refractivity (Wildman–Crippen MR) is 128 cm³/mol. The molecule has 166 valence electrons. The van der Waals surface area contributed by atoms with Gasteiger partial charge in [-0.1, -0.05) is 0 Å². The van der Waals surface area contributed by atoms with E-state index in [0.29, 0.717) is 46.0 Å². The number of nitrogens with one attached hydrogen (secondary N) is 2. The number of aliphatic hydroxyl groups excluding tert-OH is 1. The zero-order valence-corrected chi connectivity index (χ0v) is 18.5. The Hall–Kier alpha value is -3.89. The lowest BCUT2D eigenvalue weighted by atomic mass is 10.2. The number of carbonyl (C=O) groups excluding carboxylic acids is 1. The van der Waals surface area contributed by atoms with Gasteiger partial charge >= 0.3 is 0 Å². The van der Waals surface area contributed by atoms with E-state index in [1.165, 1.54) is 11.3 Å². The maximum atomic E-state index is 13.0. The zero-order chi connectivity index (χ0) is 22.9. The van der Waals surface area contributed by atoms with Crippen LogP contribution in [0.2, 0.25) is 0 Å². The molecule has 9 nitrogen and oxygen atoms in total. The minimum absolute atomic E-state index is 0.00549. The highest BCUT2D eigenvalue weighted by Crippen LogP contribution is 2.29. The number of hydrogen-bond acceptors (Lipinski definition) is 7. The Kier molecular flexibility index (Phi) is 5.45. The number of aryl methyl sites for hydroxylation is 2. The summed E-state index contributed by atoms with van der Waals surface area (Å²) in [4.78, 5) is 42.3. The smallest absolute Gasteiger partial charge is 0.269 e. The molecule has 0 saturated heterocycles. The van der Waals surface area contributed by atoms with Crippen molar-refractivity contribution >= 4 is 45.3 Å². The van der Waals surface area contributed by atoms with E-state index in [4.69, 9.17) is 0 Å². The van der Waals surface area contributed by atoms with Gasteiger partial charge in [-0.15, -0.1) is 11.3 Å². The highest BCUT2D eigenvalue weighted by atomic mass is 32.1. The summed E-state index contributed by atoms with van der Waals surface area (Å²) in [6.07, 6.45) is 3.92. The summed E-state index contributed by atoms with van der Waals surface area (Å²) in [5.74, 6) is 0.101. The molecule has 0 radical (unpaired) electrons. The minimum Gasteiger partial charge on any atom is -0.396 e. The van der Waals surface area contributed by atoms with Crippen LogP contribution in [0.25, 0.3) is 32.5 Å². The molecule has 4 aromatic heterocycles. The Labute approximate surface area is 191 Å². The monoisotopic (exact) mass is 460 g/mol.